The average Bonchev–Trinajstić information content (AvgIpc) is 2.67. The van der Waals surface area contributed by atoms with Gasteiger partial charge in [0, 0.05) is 6.54 Å². The summed E-state index contributed by atoms with van der Waals surface area (Å²) in [7, 11) is 0. The minimum Gasteiger partial charge on any atom is -0.327 e. The number of fused-ring (bicyclic) bond motifs is 1. The van der Waals surface area contributed by atoms with Gasteiger partial charge in [-0.25, -0.2) is 9.37 Å². The van der Waals surface area contributed by atoms with Gasteiger partial charge >= 0.3 is 0 Å². The standard InChI is InChI=1S/C14H20FN3/c1-5-16-14(3,4)13-17-11-8-7-10(15)9-12(11)18(13)6-2/h7-9,16H,5-6H2,1-4H3. The first kappa shape index (κ1) is 13.0. The number of hydrogen-bond donors (Lipinski definition) is 1. The lowest BCUT2D eigenvalue weighted by molar-refractivity contribution is 0.377. The number of nitrogens with zero attached hydrogens (tertiary/aromatic N) is 2. The van der Waals surface area contributed by atoms with E-state index in [1.807, 2.05) is 0 Å². The van der Waals surface area contributed by atoms with Gasteiger partial charge in [-0.2, -0.15) is 0 Å². The number of benzene rings is 1. The molecule has 0 saturated heterocycles. The fourth-order valence-corrected chi connectivity index (χ4v) is 2.41. The van der Waals surface area contributed by atoms with Crippen molar-refractivity contribution < 1.29 is 4.39 Å². The van der Waals surface area contributed by atoms with Crippen molar-refractivity contribution in [3.63, 3.8) is 0 Å². The fraction of sp³-hybridized carbons (Fsp3) is 0.500. The van der Waals surface area contributed by atoms with Crippen LogP contribution in [0.4, 0.5) is 4.39 Å². The lowest BCUT2D eigenvalue weighted by Crippen LogP contribution is -2.38. The van der Waals surface area contributed by atoms with E-state index in [0.717, 1.165) is 29.9 Å². The zero-order chi connectivity index (χ0) is 13.3. The van der Waals surface area contributed by atoms with E-state index in [9.17, 15) is 4.39 Å². The molecular weight excluding hydrogens is 229 g/mol. The van der Waals surface area contributed by atoms with Gasteiger partial charge in [-0.15, -0.1) is 0 Å². The van der Waals surface area contributed by atoms with Crippen molar-refractivity contribution in [1.29, 1.82) is 0 Å². The Hall–Kier alpha value is -1.42. The Bertz CT molecular complexity index is 557. The molecule has 4 heteroatoms. The van der Waals surface area contributed by atoms with Crippen molar-refractivity contribution in [2.24, 2.45) is 0 Å². The van der Waals surface area contributed by atoms with Crippen LogP contribution < -0.4 is 5.32 Å². The largest absolute Gasteiger partial charge is 0.327 e. The number of halogens is 1. The van der Waals surface area contributed by atoms with Crippen LogP contribution in [0.5, 0.6) is 0 Å². The normalized spacial score (nSPS) is 12.3. The van der Waals surface area contributed by atoms with Crippen LogP contribution in [0.15, 0.2) is 18.2 Å². The van der Waals surface area contributed by atoms with Crippen LogP contribution in [-0.2, 0) is 12.1 Å². The highest BCUT2D eigenvalue weighted by Gasteiger charge is 2.26. The molecule has 0 fully saturated rings. The first-order valence-electron chi connectivity index (χ1n) is 6.41. The Morgan fingerprint density at radius 3 is 2.67 bits per heavy atom. The molecule has 1 aromatic carbocycles. The topological polar surface area (TPSA) is 29.9 Å². The molecule has 0 radical (unpaired) electrons. The summed E-state index contributed by atoms with van der Waals surface area (Å²) in [5.41, 5.74) is 1.48. The van der Waals surface area contributed by atoms with Gasteiger partial charge in [-0.1, -0.05) is 6.92 Å². The zero-order valence-electron chi connectivity index (χ0n) is 11.4. The molecule has 0 saturated carbocycles. The molecule has 1 N–H and O–H groups in total. The molecule has 0 aliphatic carbocycles. The van der Waals surface area contributed by atoms with Crippen LogP contribution in [0.3, 0.4) is 0 Å². The quantitative estimate of drug-likeness (QED) is 0.902. The van der Waals surface area contributed by atoms with Crippen molar-refractivity contribution >= 4 is 11.0 Å². The Kier molecular flexibility index (Phi) is 3.39. The molecule has 18 heavy (non-hydrogen) atoms. The van der Waals surface area contributed by atoms with E-state index in [0.29, 0.717) is 0 Å². The van der Waals surface area contributed by atoms with Gasteiger partial charge in [0.25, 0.3) is 0 Å². The molecule has 1 heterocycles. The molecule has 3 nitrogen and oxygen atoms in total. The average molecular weight is 249 g/mol. The molecular formula is C14H20FN3. The molecule has 98 valence electrons. The van der Waals surface area contributed by atoms with Crippen molar-refractivity contribution in [3.05, 3.63) is 29.8 Å². The second-order valence-corrected chi connectivity index (χ2v) is 4.97. The van der Waals surface area contributed by atoms with Crippen LogP contribution in [0, 0.1) is 5.82 Å². The molecule has 0 unspecified atom stereocenters. The predicted molar refractivity (Wildman–Crippen MR) is 72.1 cm³/mol. The van der Waals surface area contributed by atoms with Gasteiger partial charge in [-0.05, 0) is 45.5 Å². The molecule has 0 aliphatic rings. The van der Waals surface area contributed by atoms with Crippen molar-refractivity contribution in [2.75, 3.05) is 6.54 Å². The minimum atomic E-state index is -0.222. The summed E-state index contributed by atoms with van der Waals surface area (Å²) in [5, 5.41) is 3.41. The van der Waals surface area contributed by atoms with Gasteiger partial charge < -0.3 is 9.88 Å². The summed E-state index contributed by atoms with van der Waals surface area (Å²) in [4.78, 5) is 4.65. The third kappa shape index (κ3) is 2.12. The first-order chi connectivity index (χ1) is 8.49. The van der Waals surface area contributed by atoms with E-state index < -0.39 is 0 Å². The molecule has 0 bridgehead atoms. The van der Waals surface area contributed by atoms with Crippen molar-refractivity contribution in [3.8, 4) is 0 Å². The monoisotopic (exact) mass is 249 g/mol. The smallest absolute Gasteiger partial charge is 0.129 e. The fourth-order valence-electron chi connectivity index (χ4n) is 2.41. The Morgan fingerprint density at radius 2 is 2.06 bits per heavy atom. The summed E-state index contributed by atoms with van der Waals surface area (Å²) < 4.78 is 15.4. The van der Waals surface area contributed by atoms with Gasteiger partial charge in [0.2, 0.25) is 0 Å². The Balaban J connectivity index is 2.64. The van der Waals surface area contributed by atoms with E-state index in [-0.39, 0.29) is 11.4 Å². The van der Waals surface area contributed by atoms with E-state index in [1.165, 1.54) is 6.07 Å². The number of imidazole rings is 1. The van der Waals surface area contributed by atoms with Crippen molar-refractivity contribution in [2.45, 2.75) is 39.8 Å². The maximum Gasteiger partial charge on any atom is 0.129 e. The highest BCUT2D eigenvalue weighted by Crippen LogP contribution is 2.25. The molecule has 1 aromatic heterocycles. The summed E-state index contributed by atoms with van der Waals surface area (Å²) in [6.07, 6.45) is 0. The van der Waals surface area contributed by atoms with E-state index in [1.54, 1.807) is 12.1 Å². The summed E-state index contributed by atoms with van der Waals surface area (Å²) >= 11 is 0. The van der Waals surface area contributed by atoms with Crippen molar-refractivity contribution in [1.82, 2.24) is 14.9 Å². The van der Waals surface area contributed by atoms with Crippen LogP contribution in [0.25, 0.3) is 11.0 Å². The van der Waals surface area contributed by atoms with E-state index >= 15 is 0 Å². The minimum absolute atomic E-state index is 0.218. The highest BCUT2D eigenvalue weighted by atomic mass is 19.1. The molecule has 0 spiro atoms. The summed E-state index contributed by atoms with van der Waals surface area (Å²) in [6, 6.07) is 4.75. The highest BCUT2D eigenvalue weighted by molar-refractivity contribution is 5.76. The van der Waals surface area contributed by atoms with E-state index in [2.05, 4.69) is 42.6 Å². The number of hydrogen-bond acceptors (Lipinski definition) is 2. The molecule has 0 amide bonds. The van der Waals surface area contributed by atoms with Gasteiger partial charge in [0.05, 0.1) is 16.6 Å². The number of aromatic nitrogens is 2. The zero-order valence-corrected chi connectivity index (χ0v) is 11.4. The van der Waals surface area contributed by atoms with Crippen LogP contribution in [0.1, 0.15) is 33.5 Å². The van der Waals surface area contributed by atoms with Crippen LogP contribution in [0.2, 0.25) is 0 Å². The third-order valence-corrected chi connectivity index (χ3v) is 3.20. The first-order valence-corrected chi connectivity index (χ1v) is 6.41. The lowest BCUT2D eigenvalue weighted by atomic mass is 10.0. The van der Waals surface area contributed by atoms with Crippen LogP contribution >= 0.6 is 0 Å². The van der Waals surface area contributed by atoms with Gasteiger partial charge in [0.15, 0.2) is 0 Å². The maximum absolute atomic E-state index is 13.4. The third-order valence-electron chi connectivity index (χ3n) is 3.20. The summed E-state index contributed by atoms with van der Waals surface area (Å²) in [5.74, 6) is 0.734. The Labute approximate surface area is 107 Å². The molecule has 0 aliphatic heterocycles. The van der Waals surface area contributed by atoms with Crippen LogP contribution in [-0.4, -0.2) is 16.1 Å². The molecule has 2 rings (SSSR count). The SMILES string of the molecule is CCNC(C)(C)c1nc2ccc(F)cc2n1CC. The number of rotatable bonds is 4. The lowest BCUT2D eigenvalue weighted by Gasteiger charge is -2.25. The Morgan fingerprint density at radius 1 is 1.33 bits per heavy atom. The number of aryl methyl sites for hydroxylation is 1. The van der Waals surface area contributed by atoms with Gasteiger partial charge in [-0.3, -0.25) is 0 Å². The molecule has 0 atom stereocenters. The van der Waals surface area contributed by atoms with Gasteiger partial charge in [0.1, 0.15) is 11.6 Å². The second-order valence-electron chi connectivity index (χ2n) is 4.97. The number of nitrogens with one attached hydrogen (secondary N) is 1. The maximum atomic E-state index is 13.4. The molecule has 2 aromatic rings. The summed E-state index contributed by atoms with van der Waals surface area (Å²) in [6.45, 7) is 9.97. The van der Waals surface area contributed by atoms with E-state index in [4.69, 9.17) is 0 Å². The second kappa shape index (κ2) is 4.69. The predicted octanol–water partition coefficient (Wildman–Crippen LogP) is 3.04.